The fourth-order valence-corrected chi connectivity index (χ4v) is 5.24. The van der Waals surface area contributed by atoms with Crippen molar-refractivity contribution >= 4 is 35.2 Å². The molecule has 1 fully saturated rings. The van der Waals surface area contributed by atoms with Crippen LogP contribution in [-0.2, 0) is 17.1 Å². The van der Waals surface area contributed by atoms with Crippen molar-refractivity contribution < 1.29 is 4.79 Å². The van der Waals surface area contributed by atoms with Crippen molar-refractivity contribution in [2.45, 2.75) is 76.2 Å². The average molecular weight is 435 g/mol. The van der Waals surface area contributed by atoms with Crippen LogP contribution in [0.2, 0.25) is 5.02 Å². The molecule has 1 saturated carbocycles. The molecule has 0 saturated heterocycles. The number of hydrogen-bond donors (Lipinski definition) is 1. The molecule has 1 aromatic heterocycles. The van der Waals surface area contributed by atoms with Gasteiger partial charge in [0.2, 0.25) is 11.9 Å². The molecule has 0 spiro atoms. The van der Waals surface area contributed by atoms with Crippen molar-refractivity contribution in [1.82, 2.24) is 14.8 Å². The number of amides is 1. The van der Waals surface area contributed by atoms with Crippen LogP contribution >= 0.6 is 23.4 Å². The summed E-state index contributed by atoms with van der Waals surface area (Å²) in [4.78, 5) is 12.8. The van der Waals surface area contributed by atoms with Gasteiger partial charge < -0.3 is 0 Å². The van der Waals surface area contributed by atoms with Gasteiger partial charge in [-0.3, -0.25) is 14.7 Å². The monoisotopic (exact) mass is 434 g/mol. The van der Waals surface area contributed by atoms with Crippen molar-refractivity contribution in [3.05, 3.63) is 34.9 Å². The van der Waals surface area contributed by atoms with Crippen LogP contribution in [0.5, 0.6) is 0 Å². The van der Waals surface area contributed by atoms with E-state index in [0.29, 0.717) is 18.2 Å². The Morgan fingerprint density at radius 2 is 1.97 bits per heavy atom. The number of nitrogens with zero attached hydrogens (tertiary/aromatic N) is 3. The Bertz CT molecular complexity index is 802. The molecule has 2 aromatic rings. The van der Waals surface area contributed by atoms with E-state index in [2.05, 4.69) is 22.4 Å². The highest BCUT2D eigenvalue weighted by molar-refractivity contribution is 7.98. The molecular weight excluding hydrogens is 404 g/mol. The number of thioether (sulfide) groups is 1. The van der Waals surface area contributed by atoms with E-state index >= 15 is 0 Å². The minimum atomic E-state index is 0.0868. The zero-order valence-corrected chi connectivity index (χ0v) is 18.9. The van der Waals surface area contributed by atoms with E-state index in [1.807, 2.05) is 35.8 Å². The van der Waals surface area contributed by atoms with E-state index in [1.54, 1.807) is 11.8 Å². The van der Waals surface area contributed by atoms with Gasteiger partial charge in [-0.2, -0.15) is 0 Å². The predicted octanol–water partition coefficient (Wildman–Crippen LogP) is 6.18. The average Bonchev–Trinajstić information content (AvgIpc) is 3.13. The molecule has 0 bridgehead atoms. The predicted molar refractivity (Wildman–Crippen MR) is 120 cm³/mol. The van der Waals surface area contributed by atoms with Crippen molar-refractivity contribution in [2.75, 3.05) is 5.32 Å². The number of aromatic nitrogens is 3. The Kier molecular flexibility index (Phi) is 8.42. The van der Waals surface area contributed by atoms with Gasteiger partial charge in [0, 0.05) is 23.2 Å². The van der Waals surface area contributed by atoms with Gasteiger partial charge in [0.1, 0.15) is 0 Å². The van der Waals surface area contributed by atoms with Crippen LogP contribution in [0.15, 0.2) is 29.4 Å². The quantitative estimate of drug-likeness (QED) is 0.478. The van der Waals surface area contributed by atoms with Crippen LogP contribution in [-0.4, -0.2) is 20.7 Å². The van der Waals surface area contributed by atoms with Gasteiger partial charge in [0.15, 0.2) is 5.16 Å². The Hall–Kier alpha value is -1.53. The van der Waals surface area contributed by atoms with Crippen molar-refractivity contribution in [2.24, 2.45) is 11.8 Å². The number of carbonyl (C=O) groups excluding carboxylic acids is 1. The first-order valence-electron chi connectivity index (χ1n) is 10.7. The molecule has 1 N–H and O–H groups in total. The third kappa shape index (κ3) is 5.98. The molecule has 0 unspecified atom stereocenters. The normalized spacial score (nSPS) is 19.3. The van der Waals surface area contributed by atoms with Gasteiger partial charge in [-0.05, 0) is 50.2 Å². The maximum atomic E-state index is 12.8. The summed E-state index contributed by atoms with van der Waals surface area (Å²) < 4.78 is 1.96. The first-order valence-corrected chi connectivity index (χ1v) is 12.1. The summed E-state index contributed by atoms with van der Waals surface area (Å²) in [6.07, 6.45) is 8.15. The molecule has 1 amide bonds. The maximum Gasteiger partial charge on any atom is 0.231 e. The van der Waals surface area contributed by atoms with Crippen molar-refractivity contribution in [1.29, 1.82) is 0 Å². The highest BCUT2D eigenvalue weighted by Crippen LogP contribution is 2.33. The molecule has 5 nitrogen and oxygen atoms in total. The number of hydrogen-bond acceptors (Lipinski definition) is 4. The van der Waals surface area contributed by atoms with Gasteiger partial charge in [0.25, 0.3) is 0 Å². The van der Waals surface area contributed by atoms with E-state index in [9.17, 15) is 4.79 Å². The number of carbonyl (C=O) groups is 1. The minimum absolute atomic E-state index is 0.0868. The zero-order chi connectivity index (χ0) is 20.6. The van der Waals surface area contributed by atoms with Crippen LogP contribution in [0.1, 0.15) is 64.4 Å². The Labute approximate surface area is 183 Å². The summed E-state index contributed by atoms with van der Waals surface area (Å²) in [6, 6.07) is 7.82. The second-order valence-corrected chi connectivity index (χ2v) is 9.13. The number of anilines is 1. The molecule has 1 aromatic carbocycles. The molecule has 0 aliphatic heterocycles. The van der Waals surface area contributed by atoms with Gasteiger partial charge >= 0.3 is 0 Å². The largest absolute Gasteiger partial charge is 0.294 e. The van der Waals surface area contributed by atoms with Gasteiger partial charge in [-0.25, -0.2) is 0 Å². The van der Waals surface area contributed by atoms with E-state index in [-0.39, 0.29) is 11.8 Å². The topological polar surface area (TPSA) is 59.8 Å². The molecule has 3 rings (SSSR count). The van der Waals surface area contributed by atoms with Crippen LogP contribution in [0.4, 0.5) is 5.95 Å². The Balaban J connectivity index is 1.56. The molecule has 1 heterocycles. The summed E-state index contributed by atoms with van der Waals surface area (Å²) in [5, 5.41) is 13.1. The number of benzene rings is 1. The Morgan fingerprint density at radius 1 is 1.21 bits per heavy atom. The number of halogens is 1. The van der Waals surface area contributed by atoms with Crippen LogP contribution in [0.3, 0.4) is 0 Å². The summed E-state index contributed by atoms with van der Waals surface area (Å²) in [6.45, 7) is 4.98. The smallest absolute Gasteiger partial charge is 0.231 e. The minimum Gasteiger partial charge on any atom is -0.294 e. The van der Waals surface area contributed by atoms with E-state index < -0.39 is 0 Å². The van der Waals surface area contributed by atoms with Crippen LogP contribution in [0.25, 0.3) is 0 Å². The van der Waals surface area contributed by atoms with E-state index in [1.165, 1.54) is 19.3 Å². The summed E-state index contributed by atoms with van der Waals surface area (Å²) >= 11 is 7.83. The molecule has 1 aliphatic rings. The maximum absolute atomic E-state index is 12.8. The SMILES string of the molecule is CCCCC1CCC(C(=O)Nc2nnc(SCc3ccccc3Cl)n2CC)CC1. The standard InChI is InChI=1S/C22H31ClN4OS/c1-3-5-8-16-11-13-17(14-12-16)20(28)24-21-25-26-22(27(21)4-2)29-15-18-9-6-7-10-19(18)23/h6-7,9-10,16-17H,3-5,8,11-15H2,1-2H3,(H,24,25,28). The molecule has 158 valence electrons. The van der Waals surface area contributed by atoms with Crippen LogP contribution < -0.4 is 5.32 Å². The molecule has 1 aliphatic carbocycles. The molecular formula is C22H31ClN4OS. The second-order valence-electron chi connectivity index (χ2n) is 7.78. The van der Waals surface area contributed by atoms with Gasteiger partial charge in [-0.1, -0.05) is 67.7 Å². The highest BCUT2D eigenvalue weighted by Gasteiger charge is 2.27. The molecule has 29 heavy (non-hydrogen) atoms. The second kappa shape index (κ2) is 11.0. The van der Waals surface area contributed by atoms with Crippen LogP contribution in [0, 0.1) is 11.8 Å². The zero-order valence-electron chi connectivity index (χ0n) is 17.4. The first kappa shape index (κ1) is 22.2. The van der Waals surface area contributed by atoms with Crippen molar-refractivity contribution in [3.63, 3.8) is 0 Å². The van der Waals surface area contributed by atoms with E-state index in [0.717, 1.165) is 47.3 Å². The fourth-order valence-electron chi connectivity index (χ4n) is 3.95. The Morgan fingerprint density at radius 3 is 2.66 bits per heavy atom. The summed E-state index contributed by atoms with van der Waals surface area (Å²) in [5.41, 5.74) is 1.07. The highest BCUT2D eigenvalue weighted by atomic mass is 35.5. The lowest BCUT2D eigenvalue weighted by atomic mass is 9.79. The lowest BCUT2D eigenvalue weighted by molar-refractivity contribution is -0.121. The first-order chi connectivity index (χ1) is 14.1. The summed E-state index contributed by atoms with van der Waals surface area (Å²) in [5.74, 6) is 2.24. The van der Waals surface area contributed by atoms with Crippen molar-refractivity contribution in [3.8, 4) is 0 Å². The van der Waals surface area contributed by atoms with Gasteiger partial charge in [0.05, 0.1) is 0 Å². The lowest BCUT2D eigenvalue weighted by Crippen LogP contribution is -2.28. The van der Waals surface area contributed by atoms with Gasteiger partial charge in [-0.15, -0.1) is 10.2 Å². The van der Waals surface area contributed by atoms with E-state index in [4.69, 9.17) is 11.6 Å². The molecule has 0 atom stereocenters. The number of unbranched alkanes of at least 4 members (excludes halogenated alkanes) is 1. The third-order valence-electron chi connectivity index (χ3n) is 5.77. The number of nitrogens with one attached hydrogen (secondary N) is 1. The number of rotatable bonds is 9. The fraction of sp³-hybridized carbons (Fsp3) is 0.591. The lowest BCUT2D eigenvalue weighted by Gasteiger charge is -2.27. The third-order valence-corrected chi connectivity index (χ3v) is 7.15. The molecule has 0 radical (unpaired) electrons. The molecule has 7 heteroatoms. The summed E-state index contributed by atoms with van der Waals surface area (Å²) in [7, 11) is 0.